The summed E-state index contributed by atoms with van der Waals surface area (Å²) in [6.45, 7) is 0. The third-order valence-corrected chi connectivity index (χ3v) is 14.8. The first-order valence-electron chi connectivity index (χ1n) is 25.3. The Kier molecular flexibility index (Phi) is 9.78. The molecule has 0 bridgehead atoms. The summed E-state index contributed by atoms with van der Waals surface area (Å²) >= 11 is 0. The zero-order chi connectivity index (χ0) is 49.4. The lowest BCUT2D eigenvalue weighted by atomic mass is 9.95. The van der Waals surface area contributed by atoms with Crippen molar-refractivity contribution in [3.05, 3.63) is 261 Å². The van der Waals surface area contributed by atoms with E-state index in [-0.39, 0.29) is 0 Å². The molecule has 0 saturated heterocycles. The number of benzene rings is 11. The normalized spacial score (nSPS) is 11.7. The Bertz CT molecular complexity index is 4690. The molecule has 0 N–H and O–H groups in total. The van der Waals surface area contributed by atoms with E-state index >= 15 is 0 Å². The van der Waals surface area contributed by atoms with Gasteiger partial charge in [0.25, 0.3) is 0 Å². The van der Waals surface area contributed by atoms with E-state index in [9.17, 15) is 0 Å². The van der Waals surface area contributed by atoms with Crippen molar-refractivity contribution in [1.29, 1.82) is 0 Å². The summed E-state index contributed by atoms with van der Waals surface area (Å²) in [7, 11) is 0. The van der Waals surface area contributed by atoms with E-state index in [1.807, 2.05) is 48.5 Å². The fourth-order valence-electron chi connectivity index (χ4n) is 11.5. The van der Waals surface area contributed by atoms with Gasteiger partial charge in [0.1, 0.15) is 11.2 Å². The van der Waals surface area contributed by atoms with Gasteiger partial charge in [0, 0.05) is 54.7 Å². The van der Waals surface area contributed by atoms with E-state index in [0.717, 1.165) is 99.5 Å². The molecule has 0 amide bonds. The number of aromatic nitrogens is 5. The van der Waals surface area contributed by atoms with Crippen LogP contribution < -0.4 is 0 Å². The molecule has 0 spiro atoms. The SMILES string of the molecule is c1ccc(-c2ccc(-c3nc(-c4ccccc4)nc(-c4cccc5oc6ccccc6c45)n3)c(-n3c4ccccc4c4c(-c5cccc6c5c5ccc(-c7ccccc7)cc5n6-c5ccccc5)cccc43)c2)cc1. The molecule has 4 heterocycles. The lowest BCUT2D eigenvalue weighted by molar-refractivity contribution is 0.669. The highest BCUT2D eigenvalue weighted by atomic mass is 16.3. The molecule has 0 atom stereocenters. The predicted octanol–water partition coefficient (Wildman–Crippen LogP) is 18.0. The van der Waals surface area contributed by atoms with Crippen LogP contribution in [0.25, 0.3) is 144 Å². The Balaban J connectivity index is 1.00. The third kappa shape index (κ3) is 6.92. The number of hydrogen-bond donors (Lipinski definition) is 0. The molecule has 0 aliphatic rings. The molecule has 0 fully saturated rings. The Hall–Kier alpha value is -10.2. The average Bonchev–Trinajstić information content (AvgIpc) is 4.16. The quantitative estimate of drug-likeness (QED) is 0.152. The Morgan fingerprint density at radius 1 is 0.267 bits per heavy atom. The molecular weight excluding hydrogens is 915 g/mol. The van der Waals surface area contributed by atoms with Gasteiger partial charge in [-0.25, -0.2) is 15.0 Å². The molecule has 75 heavy (non-hydrogen) atoms. The number of hydrogen-bond acceptors (Lipinski definition) is 4. The highest BCUT2D eigenvalue weighted by Gasteiger charge is 2.25. The summed E-state index contributed by atoms with van der Waals surface area (Å²) in [4.78, 5) is 16.1. The summed E-state index contributed by atoms with van der Waals surface area (Å²) in [5, 5.41) is 6.70. The molecule has 4 aromatic heterocycles. The number of fused-ring (bicyclic) bond motifs is 9. The Morgan fingerprint density at radius 2 is 0.760 bits per heavy atom. The van der Waals surface area contributed by atoms with Crippen LogP contribution in [0, 0.1) is 0 Å². The van der Waals surface area contributed by atoms with Crippen molar-refractivity contribution in [3.63, 3.8) is 0 Å². The van der Waals surface area contributed by atoms with Crippen molar-refractivity contribution in [1.82, 2.24) is 24.1 Å². The molecule has 11 aromatic carbocycles. The van der Waals surface area contributed by atoms with Gasteiger partial charge in [-0.1, -0.05) is 200 Å². The van der Waals surface area contributed by atoms with Crippen LogP contribution in [0.5, 0.6) is 0 Å². The van der Waals surface area contributed by atoms with Crippen molar-refractivity contribution < 1.29 is 4.42 Å². The second-order valence-corrected chi connectivity index (χ2v) is 19.1. The number of furan rings is 1. The van der Waals surface area contributed by atoms with Crippen molar-refractivity contribution >= 4 is 65.6 Å². The fourth-order valence-corrected chi connectivity index (χ4v) is 11.5. The minimum absolute atomic E-state index is 0.564. The third-order valence-electron chi connectivity index (χ3n) is 14.8. The van der Waals surface area contributed by atoms with Crippen molar-refractivity contribution in [2.24, 2.45) is 0 Å². The fraction of sp³-hybridized carbons (Fsp3) is 0. The van der Waals surface area contributed by atoms with Crippen molar-refractivity contribution in [2.45, 2.75) is 0 Å². The average molecular weight is 958 g/mol. The van der Waals surface area contributed by atoms with Gasteiger partial charge in [-0.3, -0.25) is 0 Å². The van der Waals surface area contributed by atoms with Gasteiger partial charge in [0.2, 0.25) is 0 Å². The molecule has 0 aliphatic heterocycles. The van der Waals surface area contributed by atoms with Crippen LogP contribution in [-0.4, -0.2) is 24.1 Å². The number of para-hydroxylation sites is 3. The van der Waals surface area contributed by atoms with Gasteiger partial charge in [-0.2, -0.15) is 0 Å². The standard InChI is InChI=1S/C69H43N5O/c1-5-20-44(21-6-1)47-38-40-53-60(42-47)73(49-26-11-4-12-27-49)58-34-17-30-51(65(53)58)50-31-18-35-59-64(50)52-28-13-15-33-57(52)74(59)61-43-48(45-22-7-2-8-23-45)39-41-54(61)68-70-67(46-24-9-3-10-25-46)71-69(72-68)56-32-19-37-63-66(56)55-29-14-16-36-62(55)75-63/h1-43H. The van der Waals surface area contributed by atoms with Crippen LogP contribution >= 0.6 is 0 Å². The second kappa shape index (κ2) is 17.3. The van der Waals surface area contributed by atoms with Gasteiger partial charge >= 0.3 is 0 Å². The number of nitrogens with zero attached hydrogens (tertiary/aromatic N) is 5. The van der Waals surface area contributed by atoms with E-state index in [0.29, 0.717) is 17.5 Å². The molecule has 15 rings (SSSR count). The van der Waals surface area contributed by atoms with E-state index in [1.165, 1.54) is 27.5 Å². The zero-order valence-corrected chi connectivity index (χ0v) is 40.5. The zero-order valence-electron chi connectivity index (χ0n) is 40.5. The predicted molar refractivity (Wildman–Crippen MR) is 308 cm³/mol. The maximum Gasteiger partial charge on any atom is 0.166 e. The van der Waals surface area contributed by atoms with Crippen LogP contribution in [0.4, 0.5) is 0 Å². The molecule has 0 unspecified atom stereocenters. The molecule has 15 aromatic rings. The highest BCUT2D eigenvalue weighted by molar-refractivity contribution is 6.23. The molecular formula is C69H43N5O. The molecule has 6 nitrogen and oxygen atoms in total. The molecule has 0 radical (unpaired) electrons. The van der Waals surface area contributed by atoms with Gasteiger partial charge < -0.3 is 13.6 Å². The lowest BCUT2D eigenvalue weighted by Gasteiger charge is -2.17. The lowest BCUT2D eigenvalue weighted by Crippen LogP contribution is -2.04. The number of rotatable bonds is 8. The molecule has 0 saturated carbocycles. The smallest absolute Gasteiger partial charge is 0.166 e. The van der Waals surface area contributed by atoms with Crippen LogP contribution in [0.3, 0.4) is 0 Å². The van der Waals surface area contributed by atoms with E-state index < -0.39 is 0 Å². The summed E-state index contributed by atoms with van der Waals surface area (Å²) in [6.07, 6.45) is 0. The maximum absolute atomic E-state index is 6.40. The van der Waals surface area contributed by atoms with Crippen molar-refractivity contribution in [3.8, 4) is 78.9 Å². The first kappa shape index (κ1) is 42.5. The van der Waals surface area contributed by atoms with Crippen LogP contribution in [0.1, 0.15) is 0 Å². The van der Waals surface area contributed by atoms with Crippen LogP contribution in [0.15, 0.2) is 265 Å². The van der Waals surface area contributed by atoms with E-state index in [2.05, 4.69) is 221 Å². The van der Waals surface area contributed by atoms with Gasteiger partial charge in [-0.05, 0) is 94.0 Å². The largest absolute Gasteiger partial charge is 0.456 e. The van der Waals surface area contributed by atoms with Gasteiger partial charge in [0.05, 0.1) is 27.8 Å². The van der Waals surface area contributed by atoms with E-state index in [4.69, 9.17) is 19.4 Å². The van der Waals surface area contributed by atoms with Crippen LogP contribution in [0.2, 0.25) is 0 Å². The minimum atomic E-state index is 0.564. The Morgan fingerprint density at radius 3 is 1.47 bits per heavy atom. The first-order valence-corrected chi connectivity index (χ1v) is 25.3. The maximum atomic E-state index is 6.40. The van der Waals surface area contributed by atoms with Gasteiger partial charge in [0.15, 0.2) is 17.5 Å². The highest BCUT2D eigenvalue weighted by Crippen LogP contribution is 2.46. The Labute approximate surface area is 431 Å². The molecule has 350 valence electrons. The monoisotopic (exact) mass is 957 g/mol. The first-order chi connectivity index (χ1) is 37.2. The molecule has 0 aliphatic carbocycles. The van der Waals surface area contributed by atoms with Crippen LogP contribution in [-0.2, 0) is 0 Å². The minimum Gasteiger partial charge on any atom is -0.456 e. The van der Waals surface area contributed by atoms with E-state index in [1.54, 1.807) is 0 Å². The summed E-state index contributed by atoms with van der Waals surface area (Å²) in [6, 6.07) is 92.4. The second-order valence-electron chi connectivity index (χ2n) is 19.1. The summed E-state index contributed by atoms with van der Waals surface area (Å²) in [5.74, 6) is 1.72. The van der Waals surface area contributed by atoms with Crippen molar-refractivity contribution in [2.75, 3.05) is 0 Å². The summed E-state index contributed by atoms with van der Waals surface area (Å²) in [5.41, 5.74) is 17.6. The summed E-state index contributed by atoms with van der Waals surface area (Å²) < 4.78 is 11.2. The molecule has 6 heteroatoms. The van der Waals surface area contributed by atoms with Gasteiger partial charge in [-0.15, -0.1) is 0 Å². The topological polar surface area (TPSA) is 61.7 Å².